The molecule has 2 rings (SSSR count). The summed E-state index contributed by atoms with van der Waals surface area (Å²) >= 11 is 0. The average Bonchev–Trinajstić information content (AvgIpc) is 2.80. The van der Waals surface area contributed by atoms with Crippen molar-refractivity contribution in [2.24, 2.45) is 0 Å². The van der Waals surface area contributed by atoms with Gasteiger partial charge in [-0.15, -0.1) is 0 Å². The van der Waals surface area contributed by atoms with Gasteiger partial charge >= 0.3 is 17.9 Å². The van der Waals surface area contributed by atoms with Crippen molar-refractivity contribution in [3.05, 3.63) is 69.8 Å². The fourth-order valence-corrected chi connectivity index (χ4v) is 3.85. The van der Waals surface area contributed by atoms with E-state index in [0.717, 1.165) is 5.56 Å². The molecule has 2 aromatic carbocycles. The Morgan fingerprint density at radius 3 is 1.42 bits per heavy atom. The lowest BCUT2D eigenvalue weighted by Gasteiger charge is -2.29. The first-order valence-electron chi connectivity index (χ1n) is 11.3. The lowest BCUT2D eigenvalue weighted by atomic mass is 9.74. The van der Waals surface area contributed by atoms with Gasteiger partial charge in [-0.25, -0.2) is 14.4 Å². The lowest BCUT2D eigenvalue weighted by molar-refractivity contribution is -0.183. The second kappa shape index (κ2) is 11.6. The monoisotopic (exact) mass is 504 g/mol. The van der Waals surface area contributed by atoms with Gasteiger partial charge in [-0.1, -0.05) is 86.6 Å². The number of rotatable bonds is 3. The highest BCUT2D eigenvalue weighted by Crippen LogP contribution is 2.37. The van der Waals surface area contributed by atoms with Gasteiger partial charge in [0, 0.05) is 0 Å². The fraction of sp³-hybridized carbons (Fsp3) is 0.444. The van der Waals surface area contributed by atoms with Crippen molar-refractivity contribution in [2.45, 2.75) is 78.6 Å². The van der Waals surface area contributed by atoms with E-state index in [9.17, 15) is 14.4 Å². The first-order chi connectivity index (χ1) is 16.4. The molecule has 9 nitrogen and oxygen atoms in total. The van der Waals surface area contributed by atoms with E-state index in [1.165, 1.54) is 6.07 Å². The number of hydrogen-bond acceptors (Lipinski definition) is 9. The Hall–Kier alpha value is -3.27. The predicted molar refractivity (Wildman–Crippen MR) is 133 cm³/mol. The molecule has 0 amide bonds. The molecule has 0 aliphatic heterocycles. The molecule has 2 aromatic rings. The van der Waals surface area contributed by atoms with Crippen LogP contribution in [0.3, 0.4) is 0 Å². The van der Waals surface area contributed by atoms with E-state index >= 15 is 0 Å². The van der Waals surface area contributed by atoms with E-state index in [1.807, 2.05) is 53.7 Å². The summed E-state index contributed by atoms with van der Waals surface area (Å²) in [6.07, 6.45) is 0. The van der Waals surface area contributed by atoms with Crippen LogP contribution in [0.2, 0.25) is 0 Å². The minimum atomic E-state index is -0.975. The Bertz CT molecular complexity index is 1100. The lowest BCUT2D eigenvalue weighted by Crippen LogP contribution is -2.27. The van der Waals surface area contributed by atoms with Crippen LogP contribution in [0.25, 0.3) is 0 Å². The molecule has 0 aliphatic carbocycles. The van der Waals surface area contributed by atoms with E-state index in [2.05, 4.69) is 14.7 Å². The SMILES string of the molecule is CC(C)(C)c1ccc(C(=O)OO)c(C(C)(C)C)c1C(=O)OO.CC(C)(C)c1ccccc1C(=O)OO. The summed E-state index contributed by atoms with van der Waals surface area (Å²) in [5.41, 5.74) is 1.17. The maximum absolute atomic E-state index is 12.1. The van der Waals surface area contributed by atoms with Crippen LogP contribution in [0.4, 0.5) is 0 Å². The van der Waals surface area contributed by atoms with Gasteiger partial charge in [0.2, 0.25) is 0 Å². The van der Waals surface area contributed by atoms with Crippen LogP contribution in [0.15, 0.2) is 36.4 Å². The van der Waals surface area contributed by atoms with Crippen molar-refractivity contribution in [2.75, 3.05) is 0 Å². The molecule has 3 N–H and O–H groups in total. The van der Waals surface area contributed by atoms with E-state index in [-0.39, 0.29) is 16.5 Å². The molecular formula is C27H36O9. The summed E-state index contributed by atoms with van der Waals surface area (Å²) in [5, 5.41) is 25.8. The van der Waals surface area contributed by atoms with Crippen LogP contribution in [-0.2, 0) is 30.9 Å². The Kier molecular flexibility index (Phi) is 9.95. The molecule has 9 heteroatoms. The zero-order valence-electron chi connectivity index (χ0n) is 22.3. The molecule has 0 bridgehead atoms. The second-order valence-corrected chi connectivity index (χ2v) is 11.3. The van der Waals surface area contributed by atoms with Crippen molar-refractivity contribution in [1.82, 2.24) is 0 Å². The van der Waals surface area contributed by atoms with Gasteiger partial charge in [0.05, 0.1) is 16.7 Å². The van der Waals surface area contributed by atoms with Crippen LogP contribution in [0.1, 0.15) is 110 Å². The number of hydrogen-bond donors (Lipinski definition) is 3. The van der Waals surface area contributed by atoms with Crippen LogP contribution in [-0.4, -0.2) is 33.7 Å². The number of benzene rings is 2. The minimum Gasteiger partial charge on any atom is -0.295 e. The minimum absolute atomic E-state index is 0.0448. The summed E-state index contributed by atoms with van der Waals surface area (Å²) in [6.45, 7) is 17.1. The molecule has 198 valence electrons. The van der Waals surface area contributed by atoms with Gasteiger partial charge in [-0.2, -0.15) is 15.8 Å². The Morgan fingerprint density at radius 2 is 1.00 bits per heavy atom. The predicted octanol–water partition coefficient (Wildman–Crippen LogP) is 6.16. The van der Waals surface area contributed by atoms with E-state index in [4.69, 9.17) is 15.8 Å². The van der Waals surface area contributed by atoms with Crippen LogP contribution in [0, 0.1) is 0 Å². The summed E-state index contributed by atoms with van der Waals surface area (Å²) in [6, 6.07) is 10.2. The topological polar surface area (TPSA) is 140 Å². The molecule has 0 unspecified atom stereocenters. The second-order valence-electron chi connectivity index (χ2n) is 11.3. The van der Waals surface area contributed by atoms with Crippen LogP contribution in [0.5, 0.6) is 0 Å². The highest BCUT2D eigenvalue weighted by molar-refractivity contribution is 5.99. The largest absolute Gasteiger partial charge is 0.373 e. The van der Waals surface area contributed by atoms with Crippen LogP contribution >= 0.6 is 0 Å². The fourth-order valence-electron chi connectivity index (χ4n) is 3.85. The third-order valence-electron chi connectivity index (χ3n) is 5.39. The molecule has 0 radical (unpaired) electrons. The van der Waals surface area contributed by atoms with Gasteiger partial charge in [0.15, 0.2) is 0 Å². The Balaban J connectivity index is 0.000000397. The third kappa shape index (κ3) is 7.36. The molecule has 0 heterocycles. The summed E-state index contributed by atoms with van der Waals surface area (Å²) in [5.74, 6) is -2.64. The summed E-state index contributed by atoms with van der Waals surface area (Å²) in [7, 11) is 0. The molecule has 0 saturated carbocycles. The molecule has 36 heavy (non-hydrogen) atoms. The Morgan fingerprint density at radius 1 is 0.556 bits per heavy atom. The van der Waals surface area contributed by atoms with Crippen molar-refractivity contribution in [1.29, 1.82) is 0 Å². The van der Waals surface area contributed by atoms with Crippen molar-refractivity contribution in [3.8, 4) is 0 Å². The normalized spacial score (nSPS) is 11.7. The number of carbonyl (C=O) groups excluding carboxylic acids is 3. The smallest absolute Gasteiger partial charge is 0.295 e. The molecule has 0 aromatic heterocycles. The van der Waals surface area contributed by atoms with E-state index < -0.39 is 28.7 Å². The highest BCUT2D eigenvalue weighted by Gasteiger charge is 2.34. The third-order valence-corrected chi connectivity index (χ3v) is 5.39. The first kappa shape index (κ1) is 30.8. The molecule has 0 atom stereocenters. The molecular weight excluding hydrogens is 468 g/mol. The van der Waals surface area contributed by atoms with Gasteiger partial charge < -0.3 is 0 Å². The maximum atomic E-state index is 12.1. The molecule has 0 spiro atoms. The standard InChI is InChI=1S/C16H22O6.C11H14O3/c1-15(2,3)10-8-7-9(13(17)21-19)12(16(4,5)6)11(10)14(18)22-20;1-11(2,3)9-7-5-4-6-8(9)10(12)14-13/h7-8,19-20H,1-6H3;4-7,13H,1-3H3. The molecule has 0 fully saturated rings. The van der Waals surface area contributed by atoms with E-state index in [1.54, 1.807) is 39.0 Å². The van der Waals surface area contributed by atoms with Gasteiger partial charge in [0.1, 0.15) is 0 Å². The number of carbonyl (C=O) groups is 3. The maximum Gasteiger partial charge on any atom is 0.373 e. The molecule has 0 saturated heterocycles. The van der Waals surface area contributed by atoms with Gasteiger partial charge in [-0.3, -0.25) is 14.7 Å². The van der Waals surface area contributed by atoms with Crippen molar-refractivity contribution < 1.29 is 44.8 Å². The van der Waals surface area contributed by atoms with Crippen LogP contribution < -0.4 is 0 Å². The van der Waals surface area contributed by atoms with Gasteiger partial charge in [-0.05, 0) is 45.1 Å². The first-order valence-corrected chi connectivity index (χ1v) is 11.3. The zero-order valence-corrected chi connectivity index (χ0v) is 22.3. The quantitative estimate of drug-likeness (QED) is 0.255. The van der Waals surface area contributed by atoms with Crippen molar-refractivity contribution in [3.63, 3.8) is 0 Å². The zero-order chi connectivity index (χ0) is 28.1. The summed E-state index contributed by atoms with van der Waals surface area (Å²) < 4.78 is 0. The highest BCUT2D eigenvalue weighted by atomic mass is 17.1. The Labute approximate surface area is 211 Å². The average molecular weight is 505 g/mol. The van der Waals surface area contributed by atoms with Gasteiger partial charge in [0.25, 0.3) is 0 Å². The van der Waals surface area contributed by atoms with Crippen molar-refractivity contribution >= 4 is 17.9 Å². The molecule has 0 aliphatic rings. The van der Waals surface area contributed by atoms with E-state index in [0.29, 0.717) is 16.7 Å². The summed E-state index contributed by atoms with van der Waals surface area (Å²) in [4.78, 5) is 46.6.